The second kappa shape index (κ2) is 25.1. The highest BCUT2D eigenvalue weighted by Crippen LogP contribution is 2.34. The Balaban J connectivity index is 1.27. The number of hydrogen-bond acceptors (Lipinski definition) is 12. The molecule has 0 radical (unpaired) electrons. The fourth-order valence-electron chi connectivity index (χ4n) is 6.19. The van der Waals surface area contributed by atoms with Gasteiger partial charge < -0.3 is 30.7 Å². The lowest BCUT2D eigenvalue weighted by Gasteiger charge is -2.15. The van der Waals surface area contributed by atoms with Crippen molar-refractivity contribution in [3.05, 3.63) is 129 Å². The number of ether oxygens (including phenoxy) is 2. The van der Waals surface area contributed by atoms with Crippen molar-refractivity contribution in [3.8, 4) is 11.5 Å². The van der Waals surface area contributed by atoms with Crippen LogP contribution in [-0.2, 0) is 36.8 Å². The number of carbonyl (C=O) groups excluding carboxylic acids is 6. The molecule has 68 heavy (non-hydrogen) atoms. The number of hydrogen-bond donors (Lipinski definition) is 4. The minimum absolute atomic E-state index is 0.00390. The van der Waals surface area contributed by atoms with Crippen LogP contribution in [0.25, 0.3) is 0 Å². The maximum absolute atomic E-state index is 13.5. The summed E-state index contributed by atoms with van der Waals surface area (Å²) in [5.74, 6) is -3.15. The number of halogens is 5. The summed E-state index contributed by atoms with van der Waals surface area (Å²) in [5.41, 5.74) is 2.96. The second-order valence-corrected chi connectivity index (χ2v) is 16.0. The van der Waals surface area contributed by atoms with Gasteiger partial charge in [-0.3, -0.25) is 28.8 Å². The van der Waals surface area contributed by atoms with Crippen molar-refractivity contribution in [2.75, 3.05) is 34.5 Å². The molecule has 21 heteroatoms. The van der Waals surface area contributed by atoms with E-state index in [1.165, 1.54) is 54.6 Å². The molecule has 5 rings (SSSR count). The first-order chi connectivity index (χ1) is 32.6. The van der Waals surface area contributed by atoms with Gasteiger partial charge in [-0.25, -0.2) is 0 Å². The van der Waals surface area contributed by atoms with Crippen LogP contribution in [-0.4, -0.2) is 60.5 Å². The van der Waals surface area contributed by atoms with E-state index in [0.29, 0.717) is 41.7 Å². The van der Waals surface area contributed by atoms with E-state index in [9.17, 15) is 28.8 Å². The number of anilines is 4. The molecule has 0 spiro atoms. The Morgan fingerprint density at radius 2 is 1.00 bits per heavy atom. The average molecular weight is 1030 g/mol. The van der Waals surface area contributed by atoms with Gasteiger partial charge in [0.15, 0.2) is 11.6 Å². The standard InChI is InChI=1S/C47H43Cl5N8O8/c1-5-67-38-17-13-27(22-48)19-36(38)55-44(63)31-9-7-11-34(40(31)51)57-59-42(25(3)61)46(65)53-30-15-16-33(29(21-30)24-50)54-47(66)43(26(4)62)60-58-35-12-8-10-32(41(35)52)45(64)56-37-20-28(23-49)14-18-39(37)68-6-2/h7-21,42-43H,5-6,22-24H2,1-4H3,(H,53,65)(H,54,66)(H,55,63)(H,56,64). The van der Waals surface area contributed by atoms with Crippen LogP contribution in [0, 0.1) is 0 Å². The SMILES string of the molecule is CCOc1ccc(CCl)cc1NC(=O)c1cccc(N=NC(C(C)=O)C(=O)Nc2ccc(NC(=O)C(N=Nc3cccc(C(=O)Nc4cc(CCl)ccc4OCC)c3Cl)C(C)=O)c(CCl)c2)c1Cl. The summed E-state index contributed by atoms with van der Waals surface area (Å²) >= 11 is 31.4. The molecule has 5 aromatic carbocycles. The first-order valence-electron chi connectivity index (χ1n) is 20.6. The van der Waals surface area contributed by atoms with Crippen molar-refractivity contribution in [3.63, 3.8) is 0 Å². The molecule has 354 valence electrons. The molecule has 0 fully saturated rings. The number of nitrogens with one attached hydrogen (secondary N) is 4. The van der Waals surface area contributed by atoms with E-state index in [2.05, 4.69) is 41.7 Å². The molecule has 2 unspecified atom stereocenters. The molecule has 0 saturated heterocycles. The quantitative estimate of drug-likeness (QED) is 0.0314. The largest absolute Gasteiger partial charge is 0.492 e. The van der Waals surface area contributed by atoms with Crippen LogP contribution in [0.2, 0.25) is 10.0 Å². The van der Waals surface area contributed by atoms with Gasteiger partial charge >= 0.3 is 0 Å². The highest BCUT2D eigenvalue weighted by Gasteiger charge is 2.27. The Morgan fingerprint density at radius 3 is 1.41 bits per heavy atom. The predicted molar refractivity (Wildman–Crippen MR) is 264 cm³/mol. The highest BCUT2D eigenvalue weighted by atomic mass is 35.5. The van der Waals surface area contributed by atoms with Crippen molar-refractivity contribution < 1.29 is 38.2 Å². The summed E-state index contributed by atoms with van der Waals surface area (Å²) in [6.45, 7) is 6.60. The third-order valence-electron chi connectivity index (χ3n) is 9.54. The second-order valence-electron chi connectivity index (χ2n) is 14.4. The van der Waals surface area contributed by atoms with E-state index < -0.39 is 47.3 Å². The van der Waals surface area contributed by atoms with E-state index >= 15 is 0 Å². The molecule has 0 heterocycles. The maximum Gasteiger partial charge on any atom is 0.258 e. The van der Waals surface area contributed by atoms with E-state index in [-0.39, 0.29) is 61.6 Å². The minimum atomic E-state index is -1.65. The number of alkyl halides is 3. The van der Waals surface area contributed by atoms with Gasteiger partial charge in [-0.15, -0.1) is 34.8 Å². The number of azo groups is 2. The average Bonchev–Trinajstić information content (AvgIpc) is 3.31. The maximum atomic E-state index is 13.5. The van der Waals surface area contributed by atoms with E-state index in [1.54, 1.807) is 50.2 Å². The van der Waals surface area contributed by atoms with E-state index in [4.69, 9.17) is 67.5 Å². The molecule has 4 N–H and O–H groups in total. The molecule has 0 bridgehead atoms. The minimum Gasteiger partial charge on any atom is -0.492 e. The first-order valence-corrected chi connectivity index (χ1v) is 22.9. The van der Waals surface area contributed by atoms with Crippen molar-refractivity contribution >= 4 is 127 Å². The molecular formula is C47H43Cl5N8O8. The lowest BCUT2D eigenvalue weighted by Crippen LogP contribution is -2.32. The lowest BCUT2D eigenvalue weighted by atomic mass is 10.1. The topological polar surface area (TPSA) is 218 Å². The van der Waals surface area contributed by atoms with Gasteiger partial charge in [-0.05, 0) is 111 Å². The number of nitrogens with zero attached hydrogens (tertiary/aromatic N) is 4. The van der Waals surface area contributed by atoms with Crippen LogP contribution >= 0.6 is 58.0 Å². The van der Waals surface area contributed by atoms with Crippen LogP contribution in [0.15, 0.2) is 111 Å². The van der Waals surface area contributed by atoms with Crippen LogP contribution in [0.1, 0.15) is 65.1 Å². The summed E-state index contributed by atoms with van der Waals surface area (Å²) in [6.07, 6.45) is 0. The number of rotatable bonds is 21. The Labute approximate surface area is 416 Å². The third-order valence-corrected chi connectivity index (χ3v) is 11.2. The van der Waals surface area contributed by atoms with Gasteiger partial charge in [-0.2, -0.15) is 20.5 Å². The summed E-state index contributed by atoms with van der Waals surface area (Å²) in [5, 5.41) is 26.6. The van der Waals surface area contributed by atoms with Gasteiger partial charge in [-0.1, -0.05) is 47.5 Å². The van der Waals surface area contributed by atoms with Gasteiger partial charge in [0.25, 0.3) is 23.6 Å². The van der Waals surface area contributed by atoms with E-state index in [1.807, 2.05) is 0 Å². The summed E-state index contributed by atoms with van der Waals surface area (Å²) in [6, 6.07) is 20.1. The monoisotopic (exact) mass is 1020 g/mol. The summed E-state index contributed by atoms with van der Waals surface area (Å²) < 4.78 is 11.3. The van der Waals surface area contributed by atoms with Crippen molar-refractivity contribution in [1.82, 2.24) is 0 Å². The molecule has 0 saturated carbocycles. The van der Waals surface area contributed by atoms with Gasteiger partial charge in [0.1, 0.15) is 22.9 Å². The molecular weight excluding hydrogens is 982 g/mol. The van der Waals surface area contributed by atoms with Crippen LogP contribution in [0.4, 0.5) is 34.1 Å². The van der Waals surface area contributed by atoms with Crippen molar-refractivity contribution in [2.24, 2.45) is 20.5 Å². The predicted octanol–water partition coefficient (Wildman–Crippen LogP) is 11.9. The Kier molecular flexibility index (Phi) is 19.4. The van der Waals surface area contributed by atoms with Crippen LogP contribution < -0.4 is 30.7 Å². The van der Waals surface area contributed by atoms with E-state index in [0.717, 1.165) is 25.0 Å². The number of Topliss-reactive ketones (excluding diaryl/α,β-unsaturated/α-hetero) is 2. The van der Waals surface area contributed by atoms with Crippen molar-refractivity contribution in [2.45, 2.75) is 57.4 Å². The molecule has 5 aromatic rings. The van der Waals surface area contributed by atoms with Crippen LogP contribution in [0.3, 0.4) is 0 Å². The zero-order valence-electron chi connectivity index (χ0n) is 36.8. The van der Waals surface area contributed by atoms with Crippen LogP contribution in [0.5, 0.6) is 11.5 Å². The molecule has 16 nitrogen and oxygen atoms in total. The number of ketones is 2. The zero-order chi connectivity index (χ0) is 49.5. The van der Waals surface area contributed by atoms with Gasteiger partial charge in [0.05, 0.1) is 45.8 Å². The number of carbonyl (C=O) groups is 6. The Morgan fingerprint density at radius 1 is 0.544 bits per heavy atom. The fourth-order valence-corrected chi connectivity index (χ4v) is 7.25. The first kappa shape index (κ1) is 52.5. The molecule has 0 aliphatic rings. The Hall–Kier alpha value is -6.43. The fraction of sp³-hybridized carbons (Fsp3) is 0.234. The summed E-state index contributed by atoms with van der Waals surface area (Å²) in [7, 11) is 0. The summed E-state index contributed by atoms with van der Waals surface area (Å²) in [4.78, 5) is 78.9. The molecule has 0 aliphatic heterocycles. The number of amides is 4. The van der Waals surface area contributed by atoms with Crippen molar-refractivity contribution in [1.29, 1.82) is 0 Å². The highest BCUT2D eigenvalue weighted by molar-refractivity contribution is 6.37. The normalized spacial score (nSPS) is 12.0. The molecule has 0 aromatic heterocycles. The molecule has 2 atom stereocenters. The number of benzene rings is 5. The van der Waals surface area contributed by atoms with Gasteiger partial charge in [0, 0.05) is 29.0 Å². The lowest BCUT2D eigenvalue weighted by molar-refractivity contribution is -0.127. The molecule has 0 aliphatic carbocycles. The van der Waals surface area contributed by atoms with Gasteiger partial charge in [0.2, 0.25) is 12.1 Å². The third kappa shape index (κ3) is 13.6. The molecule has 4 amide bonds. The smallest absolute Gasteiger partial charge is 0.258 e. The Bertz CT molecular complexity index is 2790. The zero-order valence-corrected chi connectivity index (χ0v) is 40.6.